The lowest BCUT2D eigenvalue weighted by atomic mass is 9.62. The summed E-state index contributed by atoms with van der Waals surface area (Å²) in [5, 5.41) is 11.0. The van der Waals surface area contributed by atoms with Crippen molar-refractivity contribution in [3.8, 4) is 0 Å². The van der Waals surface area contributed by atoms with Gasteiger partial charge in [-0.1, -0.05) is 27.2 Å². The molecule has 3 fully saturated rings. The Morgan fingerprint density at radius 3 is 2.47 bits per heavy atom. The van der Waals surface area contributed by atoms with Gasteiger partial charge in [-0.2, -0.15) is 0 Å². The van der Waals surface area contributed by atoms with E-state index >= 15 is 0 Å². The predicted octanol–water partition coefficient (Wildman–Crippen LogP) is 3.22. The lowest BCUT2D eigenvalue weighted by Crippen LogP contribution is -2.50. The smallest absolute Gasteiger partial charge is 0.0729 e. The Bertz CT molecular complexity index is 278. The first-order valence-corrected chi connectivity index (χ1v) is 6.66. The predicted molar refractivity (Wildman–Crippen MR) is 61.4 cm³/mol. The van der Waals surface area contributed by atoms with Crippen LogP contribution in [0.3, 0.4) is 0 Å². The zero-order valence-corrected chi connectivity index (χ0v) is 10.3. The molecule has 0 amide bonds. The van der Waals surface area contributed by atoms with E-state index in [0.717, 1.165) is 24.2 Å². The minimum absolute atomic E-state index is 0.0694. The van der Waals surface area contributed by atoms with Gasteiger partial charge in [-0.15, -0.1) is 0 Å². The largest absolute Gasteiger partial charge is 0.389 e. The third kappa shape index (κ3) is 1.13. The molecule has 0 aliphatic heterocycles. The van der Waals surface area contributed by atoms with Gasteiger partial charge in [-0.25, -0.2) is 0 Å². The van der Waals surface area contributed by atoms with Gasteiger partial charge in [0, 0.05) is 0 Å². The molecule has 0 aromatic carbocycles. The summed E-state index contributed by atoms with van der Waals surface area (Å²) in [5.41, 5.74) is -0.289. The average Bonchev–Trinajstić information content (AvgIpc) is 2.68. The molecule has 1 N–H and O–H groups in total. The molecule has 86 valence electrons. The second kappa shape index (κ2) is 2.80. The van der Waals surface area contributed by atoms with Crippen LogP contribution in [0, 0.1) is 29.1 Å². The van der Waals surface area contributed by atoms with Gasteiger partial charge in [0.25, 0.3) is 0 Å². The summed E-state index contributed by atoms with van der Waals surface area (Å²) >= 11 is 0. The third-order valence-electron chi connectivity index (χ3n) is 5.79. The van der Waals surface area contributed by atoms with Crippen LogP contribution in [0.25, 0.3) is 0 Å². The van der Waals surface area contributed by atoms with Gasteiger partial charge in [0.15, 0.2) is 0 Å². The fourth-order valence-electron chi connectivity index (χ4n) is 4.98. The molecule has 5 atom stereocenters. The maximum atomic E-state index is 11.0. The van der Waals surface area contributed by atoms with E-state index in [0.29, 0.717) is 5.92 Å². The molecule has 0 aromatic rings. The number of fused-ring (bicyclic) bond motifs is 5. The van der Waals surface area contributed by atoms with Crippen LogP contribution in [0.4, 0.5) is 0 Å². The molecular formula is C14H24O. The SMILES string of the molecule is CC(C)(C)C1(O)CC2CC1C1CCCC21. The van der Waals surface area contributed by atoms with Gasteiger partial charge in [0.2, 0.25) is 0 Å². The Balaban J connectivity index is 1.92. The first-order chi connectivity index (χ1) is 6.93. The van der Waals surface area contributed by atoms with Crippen LogP contribution in [0.1, 0.15) is 52.9 Å². The van der Waals surface area contributed by atoms with Crippen LogP contribution in [0.5, 0.6) is 0 Å². The lowest BCUT2D eigenvalue weighted by molar-refractivity contribution is -0.122. The van der Waals surface area contributed by atoms with Crippen molar-refractivity contribution >= 4 is 0 Å². The first kappa shape index (κ1) is 10.1. The molecule has 0 aromatic heterocycles. The van der Waals surface area contributed by atoms with Crippen molar-refractivity contribution in [2.24, 2.45) is 29.1 Å². The molecular weight excluding hydrogens is 184 g/mol. The van der Waals surface area contributed by atoms with Crippen LogP contribution < -0.4 is 0 Å². The molecule has 0 spiro atoms. The maximum absolute atomic E-state index is 11.0. The molecule has 0 heterocycles. The van der Waals surface area contributed by atoms with Gasteiger partial charge < -0.3 is 5.11 Å². The monoisotopic (exact) mass is 208 g/mol. The van der Waals surface area contributed by atoms with Gasteiger partial charge in [0.05, 0.1) is 5.60 Å². The van der Waals surface area contributed by atoms with Crippen LogP contribution in [0.2, 0.25) is 0 Å². The molecule has 0 radical (unpaired) electrons. The summed E-state index contributed by atoms with van der Waals surface area (Å²) in [4.78, 5) is 0. The highest BCUT2D eigenvalue weighted by Crippen LogP contribution is 2.65. The minimum atomic E-state index is -0.358. The van der Waals surface area contributed by atoms with Crippen molar-refractivity contribution < 1.29 is 5.11 Å². The molecule has 3 rings (SSSR count). The van der Waals surface area contributed by atoms with Gasteiger partial charge in [-0.3, -0.25) is 0 Å². The summed E-state index contributed by atoms with van der Waals surface area (Å²) < 4.78 is 0. The Labute approximate surface area is 93.3 Å². The van der Waals surface area contributed by atoms with E-state index in [4.69, 9.17) is 0 Å². The highest BCUT2D eigenvalue weighted by Gasteiger charge is 2.63. The topological polar surface area (TPSA) is 20.2 Å². The number of rotatable bonds is 0. The van der Waals surface area contributed by atoms with Crippen molar-refractivity contribution in [1.82, 2.24) is 0 Å². The number of hydrogen-bond donors (Lipinski definition) is 1. The average molecular weight is 208 g/mol. The Hall–Kier alpha value is -0.0400. The third-order valence-corrected chi connectivity index (χ3v) is 5.79. The van der Waals surface area contributed by atoms with Gasteiger partial charge in [-0.05, 0) is 54.8 Å². The van der Waals surface area contributed by atoms with E-state index in [-0.39, 0.29) is 11.0 Å². The van der Waals surface area contributed by atoms with Crippen LogP contribution >= 0.6 is 0 Å². The van der Waals surface area contributed by atoms with Crippen molar-refractivity contribution in [3.05, 3.63) is 0 Å². The van der Waals surface area contributed by atoms with E-state index in [2.05, 4.69) is 20.8 Å². The molecule has 3 aliphatic rings. The minimum Gasteiger partial charge on any atom is -0.389 e. The zero-order chi connectivity index (χ0) is 10.8. The van der Waals surface area contributed by atoms with Crippen molar-refractivity contribution in [2.45, 2.75) is 58.5 Å². The van der Waals surface area contributed by atoms with E-state index in [9.17, 15) is 5.11 Å². The lowest BCUT2D eigenvalue weighted by Gasteiger charge is -2.47. The summed E-state index contributed by atoms with van der Waals surface area (Å²) in [6.07, 6.45) is 6.67. The standard InChI is InChI=1S/C14H24O/c1-13(2,3)14(15)8-9-7-12(14)11-6-4-5-10(9)11/h9-12,15H,4-8H2,1-3H3. The summed E-state index contributed by atoms with van der Waals surface area (Å²) in [7, 11) is 0. The second-order valence-electron chi connectivity index (χ2n) is 7.24. The second-order valence-corrected chi connectivity index (χ2v) is 7.24. The van der Waals surface area contributed by atoms with E-state index in [1.165, 1.54) is 25.7 Å². The van der Waals surface area contributed by atoms with E-state index in [1.807, 2.05) is 0 Å². The summed E-state index contributed by atoms with van der Waals surface area (Å²) in [6.45, 7) is 6.66. The molecule has 3 aliphatic carbocycles. The van der Waals surface area contributed by atoms with Crippen LogP contribution in [-0.2, 0) is 0 Å². The highest BCUT2D eigenvalue weighted by atomic mass is 16.3. The highest BCUT2D eigenvalue weighted by molar-refractivity contribution is 5.13. The van der Waals surface area contributed by atoms with Crippen molar-refractivity contribution in [1.29, 1.82) is 0 Å². The summed E-state index contributed by atoms with van der Waals surface area (Å²) in [5.74, 6) is 3.33. The first-order valence-electron chi connectivity index (χ1n) is 6.66. The maximum Gasteiger partial charge on any atom is 0.0729 e. The molecule has 1 nitrogen and oxygen atoms in total. The van der Waals surface area contributed by atoms with Crippen LogP contribution in [0.15, 0.2) is 0 Å². The molecule has 3 saturated carbocycles. The fourth-order valence-corrected chi connectivity index (χ4v) is 4.98. The van der Waals surface area contributed by atoms with Crippen LogP contribution in [-0.4, -0.2) is 10.7 Å². The van der Waals surface area contributed by atoms with Crippen molar-refractivity contribution in [3.63, 3.8) is 0 Å². The zero-order valence-electron chi connectivity index (χ0n) is 10.3. The van der Waals surface area contributed by atoms with Gasteiger partial charge in [0.1, 0.15) is 0 Å². The quantitative estimate of drug-likeness (QED) is 0.648. The normalized spacial score (nSPS) is 53.6. The molecule has 15 heavy (non-hydrogen) atoms. The number of aliphatic hydroxyl groups is 1. The molecule has 5 unspecified atom stereocenters. The van der Waals surface area contributed by atoms with Crippen molar-refractivity contribution in [2.75, 3.05) is 0 Å². The van der Waals surface area contributed by atoms with E-state index in [1.54, 1.807) is 0 Å². The molecule has 2 bridgehead atoms. The number of hydrogen-bond acceptors (Lipinski definition) is 1. The Morgan fingerprint density at radius 2 is 1.80 bits per heavy atom. The Kier molecular flexibility index (Phi) is 1.89. The fraction of sp³-hybridized carbons (Fsp3) is 1.00. The Morgan fingerprint density at radius 1 is 1.13 bits per heavy atom. The van der Waals surface area contributed by atoms with Gasteiger partial charge >= 0.3 is 0 Å². The molecule has 0 saturated heterocycles. The van der Waals surface area contributed by atoms with E-state index < -0.39 is 0 Å². The molecule has 1 heteroatoms. The summed E-state index contributed by atoms with van der Waals surface area (Å²) in [6, 6.07) is 0.